The molecular formula is C24H27N5O2S. The number of piperidine rings is 1. The number of hydrogen-bond acceptors (Lipinski definition) is 6. The van der Waals surface area contributed by atoms with Crippen LogP contribution >= 0.6 is 11.8 Å². The standard InChI is InChI=1S/C24H27N5O2S/c1-4-17-18(14-25)23(32-20(21(26)31)16-8-6-5-7-9-16)28-22(19(17)27-3)29-12-10-24(2,15-30)11-13-29/h5-9,20,30H,4,10-13,15H2,1-2H3,(H2,26,31). The second-order valence-corrected chi connectivity index (χ2v) is 9.38. The summed E-state index contributed by atoms with van der Waals surface area (Å²) >= 11 is 1.15. The molecule has 166 valence electrons. The van der Waals surface area contributed by atoms with Crippen LogP contribution in [0.4, 0.5) is 11.5 Å². The Balaban J connectivity index is 2.08. The van der Waals surface area contributed by atoms with Gasteiger partial charge in [-0.05, 0) is 35.8 Å². The van der Waals surface area contributed by atoms with Gasteiger partial charge in [0.15, 0.2) is 0 Å². The average molecular weight is 450 g/mol. The number of anilines is 1. The van der Waals surface area contributed by atoms with Gasteiger partial charge in [0.1, 0.15) is 22.2 Å². The third-order valence-corrected chi connectivity index (χ3v) is 7.30. The topological polar surface area (TPSA) is 108 Å². The van der Waals surface area contributed by atoms with Crippen molar-refractivity contribution in [1.29, 1.82) is 5.26 Å². The Labute approximate surface area is 193 Å². The molecular weight excluding hydrogens is 422 g/mol. The average Bonchev–Trinajstić information content (AvgIpc) is 2.82. The number of aliphatic hydroxyl groups is 1. The number of nitriles is 1. The van der Waals surface area contributed by atoms with Crippen LogP contribution in [-0.4, -0.2) is 35.7 Å². The number of aliphatic hydroxyl groups excluding tert-OH is 1. The fraction of sp³-hybridized carbons (Fsp3) is 0.417. The highest BCUT2D eigenvalue weighted by atomic mass is 32.2. The van der Waals surface area contributed by atoms with Gasteiger partial charge in [0.25, 0.3) is 0 Å². The second-order valence-electron chi connectivity index (χ2n) is 8.29. The van der Waals surface area contributed by atoms with E-state index in [2.05, 4.69) is 22.7 Å². The van der Waals surface area contributed by atoms with Gasteiger partial charge in [-0.15, -0.1) is 0 Å². The minimum atomic E-state index is -0.703. The summed E-state index contributed by atoms with van der Waals surface area (Å²) in [5, 5.41) is 19.3. The van der Waals surface area contributed by atoms with E-state index in [0.29, 0.717) is 47.2 Å². The van der Waals surface area contributed by atoms with Gasteiger partial charge in [-0.25, -0.2) is 9.83 Å². The molecule has 0 bridgehead atoms. The van der Waals surface area contributed by atoms with Gasteiger partial charge in [-0.2, -0.15) is 5.26 Å². The highest BCUT2D eigenvalue weighted by Crippen LogP contribution is 2.44. The first-order valence-corrected chi connectivity index (χ1v) is 11.5. The molecule has 2 aromatic rings. The quantitative estimate of drug-likeness (QED) is 0.489. The Morgan fingerprint density at radius 1 is 1.41 bits per heavy atom. The number of thioether (sulfide) groups is 1. The molecule has 0 aliphatic carbocycles. The highest BCUT2D eigenvalue weighted by Gasteiger charge is 2.33. The molecule has 1 aliphatic rings. The van der Waals surface area contributed by atoms with Crippen LogP contribution in [0.5, 0.6) is 0 Å². The van der Waals surface area contributed by atoms with Gasteiger partial charge in [-0.1, -0.05) is 55.9 Å². The van der Waals surface area contributed by atoms with E-state index in [4.69, 9.17) is 17.3 Å². The Morgan fingerprint density at radius 2 is 2.06 bits per heavy atom. The van der Waals surface area contributed by atoms with E-state index < -0.39 is 11.2 Å². The lowest BCUT2D eigenvalue weighted by molar-refractivity contribution is -0.117. The maximum atomic E-state index is 12.3. The van der Waals surface area contributed by atoms with Crippen LogP contribution in [0, 0.1) is 23.3 Å². The highest BCUT2D eigenvalue weighted by molar-refractivity contribution is 8.00. The number of nitrogens with zero attached hydrogens (tertiary/aromatic N) is 4. The van der Waals surface area contributed by atoms with Crippen LogP contribution in [0.25, 0.3) is 4.85 Å². The van der Waals surface area contributed by atoms with E-state index in [1.807, 2.05) is 37.3 Å². The zero-order valence-electron chi connectivity index (χ0n) is 18.3. The number of hydrogen-bond donors (Lipinski definition) is 2. The Bertz CT molecular complexity index is 1070. The van der Waals surface area contributed by atoms with Crippen LogP contribution in [0.3, 0.4) is 0 Å². The Morgan fingerprint density at radius 3 is 2.56 bits per heavy atom. The van der Waals surface area contributed by atoms with Crippen LogP contribution in [0.1, 0.15) is 48.6 Å². The predicted octanol–water partition coefficient (Wildman–Crippen LogP) is 3.98. The van der Waals surface area contributed by atoms with E-state index in [-0.39, 0.29) is 12.0 Å². The second kappa shape index (κ2) is 10.0. The van der Waals surface area contributed by atoms with Gasteiger partial charge in [0, 0.05) is 19.7 Å². The molecule has 1 amide bonds. The number of amides is 1. The summed E-state index contributed by atoms with van der Waals surface area (Å²) in [6.07, 6.45) is 2.05. The maximum Gasteiger partial charge on any atom is 0.235 e. The van der Waals surface area contributed by atoms with Gasteiger partial charge in [0.2, 0.25) is 11.6 Å². The van der Waals surface area contributed by atoms with Crippen molar-refractivity contribution >= 4 is 29.2 Å². The Kier molecular flexibility index (Phi) is 7.40. The molecule has 1 saturated heterocycles. The first-order chi connectivity index (χ1) is 15.4. The van der Waals surface area contributed by atoms with Crippen molar-refractivity contribution in [2.24, 2.45) is 11.1 Å². The first-order valence-electron chi connectivity index (χ1n) is 10.6. The minimum absolute atomic E-state index is 0.121. The summed E-state index contributed by atoms with van der Waals surface area (Å²) in [6, 6.07) is 11.4. The number of benzene rings is 1. The first kappa shape index (κ1) is 23.6. The number of aromatic nitrogens is 1. The summed E-state index contributed by atoms with van der Waals surface area (Å²) in [7, 11) is 0. The molecule has 0 saturated carbocycles. The molecule has 1 aromatic carbocycles. The van der Waals surface area contributed by atoms with E-state index in [0.717, 1.165) is 30.2 Å². The van der Waals surface area contributed by atoms with Crippen molar-refractivity contribution in [2.45, 2.75) is 43.4 Å². The molecule has 3 rings (SSSR count). The summed E-state index contributed by atoms with van der Waals surface area (Å²) in [5.74, 6) is 0.0204. The maximum absolute atomic E-state index is 12.3. The van der Waals surface area contributed by atoms with Crippen molar-refractivity contribution in [3.8, 4) is 6.07 Å². The number of pyridine rings is 1. The summed E-state index contributed by atoms with van der Waals surface area (Å²) in [6.45, 7) is 13.2. The molecule has 7 nitrogen and oxygen atoms in total. The predicted molar refractivity (Wildman–Crippen MR) is 125 cm³/mol. The molecule has 1 aromatic heterocycles. The molecule has 1 aliphatic heterocycles. The molecule has 0 spiro atoms. The number of nitrogens with two attached hydrogens (primary N) is 1. The summed E-state index contributed by atoms with van der Waals surface area (Å²) in [5.41, 5.74) is 7.65. The fourth-order valence-electron chi connectivity index (χ4n) is 3.92. The monoisotopic (exact) mass is 449 g/mol. The third kappa shape index (κ3) is 4.72. The van der Waals surface area contributed by atoms with Gasteiger partial charge < -0.3 is 15.7 Å². The van der Waals surface area contributed by atoms with Gasteiger partial charge in [0.05, 0.1) is 12.1 Å². The van der Waals surface area contributed by atoms with E-state index in [1.165, 1.54) is 0 Å². The molecule has 8 heteroatoms. The molecule has 2 heterocycles. The summed E-state index contributed by atoms with van der Waals surface area (Å²) in [4.78, 5) is 22.8. The van der Waals surface area contributed by atoms with E-state index in [1.54, 1.807) is 0 Å². The number of carbonyl (C=O) groups excluding carboxylic acids is 1. The molecule has 3 N–H and O–H groups in total. The van der Waals surface area contributed by atoms with Crippen molar-refractivity contribution in [3.63, 3.8) is 0 Å². The molecule has 0 radical (unpaired) electrons. The SMILES string of the molecule is [C-]#[N+]c1c(N2CCC(C)(CO)CC2)nc(SC(C(N)=O)c2ccccc2)c(C#N)c1CC. The molecule has 32 heavy (non-hydrogen) atoms. The molecule has 1 atom stereocenters. The van der Waals surface area contributed by atoms with Crippen LogP contribution in [0.15, 0.2) is 35.4 Å². The lowest BCUT2D eigenvalue weighted by atomic mass is 9.81. The van der Waals surface area contributed by atoms with E-state index in [9.17, 15) is 15.2 Å². The molecule has 1 fully saturated rings. The van der Waals surface area contributed by atoms with Gasteiger partial charge in [-0.3, -0.25) is 4.79 Å². The normalized spacial score (nSPS) is 16.1. The molecule has 1 unspecified atom stereocenters. The minimum Gasteiger partial charge on any atom is -0.396 e. The zero-order chi connectivity index (χ0) is 23.3. The number of rotatable bonds is 7. The van der Waals surface area contributed by atoms with Crippen LogP contribution in [0.2, 0.25) is 0 Å². The van der Waals surface area contributed by atoms with Crippen molar-refractivity contribution in [2.75, 3.05) is 24.6 Å². The van der Waals surface area contributed by atoms with Crippen molar-refractivity contribution < 1.29 is 9.90 Å². The van der Waals surface area contributed by atoms with E-state index >= 15 is 0 Å². The number of primary amides is 1. The van der Waals surface area contributed by atoms with Gasteiger partial charge >= 0.3 is 0 Å². The smallest absolute Gasteiger partial charge is 0.235 e. The largest absolute Gasteiger partial charge is 0.396 e. The lowest BCUT2D eigenvalue weighted by Gasteiger charge is -2.39. The van der Waals surface area contributed by atoms with Crippen LogP contribution < -0.4 is 10.6 Å². The van der Waals surface area contributed by atoms with Crippen molar-refractivity contribution in [1.82, 2.24) is 4.98 Å². The third-order valence-electron chi connectivity index (χ3n) is 6.04. The Hall–Kier alpha value is -3.07. The summed E-state index contributed by atoms with van der Waals surface area (Å²) < 4.78 is 0. The number of carbonyl (C=O) groups is 1. The van der Waals surface area contributed by atoms with Crippen LogP contribution in [-0.2, 0) is 11.2 Å². The zero-order valence-corrected chi connectivity index (χ0v) is 19.2. The fourth-order valence-corrected chi connectivity index (χ4v) is 4.98. The lowest BCUT2D eigenvalue weighted by Crippen LogP contribution is -2.41. The van der Waals surface area contributed by atoms with Crippen molar-refractivity contribution in [3.05, 3.63) is 58.4 Å².